The predicted molar refractivity (Wildman–Crippen MR) is 589 cm³/mol. The van der Waals surface area contributed by atoms with Gasteiger partial charge in [-0.2, -0.15) is 0 Å². The van der Waals surface area contributed by atoms with Gasteiger partial charge in [-0.25, -0.2) is 14.4 Å². The number of aliphatic carboxylic acids is 2. The fourth-order valence-electron chi connectivity index (χ4n) is 10.3. The number of ether oxygens (including phenoxy) is 3. The number of carbonyl (C=O) groups is 21. The molecule has 3 atom stereocenters. The van der Waals surface area contributed by atoms with Crippen molar-refractivity contribution in [1.29, 1.82) is 0 Å². The van der Waals surface area contributed by atoms with Gasteiger partial charge in [0, 0.05) is 193 Å². The molecule has 0 aromatic carbocycles. The van der Waals surface area contributed by atoms with E-state index in [9.17, 15) is 106 Å². The molecule has 32 nitrogen and oxygen atoms in total. The summed E-state index contributed by atoms with van der Waals surface area (Å²) in [5.74, 6) is -3.74. The van der Waals surface area contributed by atoms with Gasteiger partial charge < -0.3 is 55.1 Å². The van der Waals surface area contributed by atoms with Crippen LogP contribution in [0.2, 0.25) is 0 Å². The molecule has 0 radical (unpaired) electrons. The highest BCUT2D eigenvalue weighted by atomic mass is 16.6. The first kappa shape index (κ1) is 157. The molecule has 0 aliphatic heterocycles. The van der Waals surface area contributed by atoms with Crippen molar-refractivity contribution in [1.82, 2.24) is 30.7 Å². The molecule has 3 unspecified atom stereocenters. The zero-order chi connectivity index (χ0) is 121. The van der Waals surface area contributed by atoms with Crippen molar-refractivity contribution in [2.75, 3.05) is 47.9 Å². The van der Waals surface area contributed by atoms with Crippen LogP contribution in [-0.2, 0) is 115 Å². The highest BCUT2D eigenvalue weighted by Crippen LogP contribution is 2.30. The highest BCUT2D eigenvalue weighted by molar-refractivity contribution is 5.97. The van der Waals surface area contributed by atoms with Gasteiger partial charge in [0.2, 0.25) is 35.4 Å². The second-order valence-electron chi connectivity index (χ2n) is 56.7. The second-order valence-corrected chi connectivity index (χ2v) is 56.7. The number of rotatable bonds is 31. The van der Waals surface area contributed by atoms with Gasteiger partial charge in [-0.15, -0.1) is 0 Å². The van der Waals surface area contributed by atoms with Crippen LogP contribution in [0.25, 0.3) is 0 Å². The summed E-state index contributed by atoms with van der Waals surface area (Å²) in [4.78, 5) is 249. The molecule has 0 rings (SSSR count). The Labute approximate surface area is 895 Å². The number of carboxylic acid groups (broad SMARTS) is 2. The van der Waals surface area contributed by atoms with E-state index < -0.39 is 79.5 Å². The van der Waals surface area contributed by atoms with Gasteiger partial charge in [0.1, 0.15) is 81.6 Å². The van der Waals surface area contributed by atoms with Gasteiger partial charge in [0.05, 0.1) is 25.6 Å². The van der Waals surface area contributed by atoms with Crippen LogP contribution in [-0.4, -0.2) is 225 Å². The Morgan fingerprint density at radius 1 is 0.297 bits per heavy atom. The number of likely N-dealkylation sites (N-methyl/N-ethyl adjacent to an activating group) is 1. The smallest absolute Gasteiger partial charge is 0.328 e. The summed E-state index contributed by atoms with van der Waals surface area (Å²) in [6, 6.07) is -3.20. The molecule has 0 bridgehead atoms. The minimum absolute atomic E-state index is 0.00999. The van der Waals surface area contributed by atoms with Crippen molar-refractivity contribution in [2.24, 2.45) is 86.6 Å². The van der Waals surface area contributed by atoms with Crippen molar-refractivity contribution in [3.63, 3.8) is 0 Å². The number of esters is 3. The summed E-state index contributed by atoms with van der Waals surface area (Å²) < 4.78 is 14.8. The van der Waals surface area contributed by atoms with E-state index in [0.29, 0.717) is 64.5 Å². The van der Waals surface area contributed by atoms with Gasteiger partial charge >= 0.3 is 29.8 Å². The van der Waals surface area contributed by atoms with Crippen LogP contribution in [0.3, 0.4) is 0 Å². The first-order valence-corrected chi connectivity index (χ1v) is 51.5. The molecule has 5 N–H and O–H groups in total. The minimum Gasteiger partial charge on any atom is -0.480 e. The van der Waals surface area contributed by atoms with E-state index in [1.165, 1.54) is 14.2 Å². The van der Waals surface area contributed by atoms with E-state index in [2.05, 4.69) is 20.7 Å². The average molecular weight is 2110 g/mol. The van der Waals surface area contributed by atoms with Gasteiger partial charge in [0.15, 0.2) is 0 Å². The molecule has 32 heteroatoms. The fraction of sp³-hybridized carbons (Fsp3) is 0.819. The van der Waals surface area contributed by atoms with E-state index in [1.807, 2.05) is 228 Å². The van der Waals surface area contributed by atoms with Crippen molar-refractivity contribution in [3.05, 3.63) is 0 Å². The average Bonchev–Trinajstić information content (AvgIpc) is 0.831. The maximum atomic E-state index is 12.1. The molecular weight excluding hydrogens is 1890 g/mol. The Balaban J connectivity index is -0.000000210. The summed E-state index contributed by atoms with van der Waals surface area (Å²) in [6.07, 6.45) is 3.14. The maximum absolute atomic E-state index is 12.1. The summed E-state index contributed by atoms with van der Waals surface area (Å²) >= 11 is 0. The Bertz CT molecular complexity index is 4100. The van der Waals surface area contributed by atoms with Crippen LogP contribution in [0, 0.1) is 86.6 Å². The third-order valence-corrected chi connectivity index (χ3v) is 21.6. The fourth-order valence-corrected chi connectivity index (χ4v) is 10.3. The van der Waals surface area contributed by atoms with E-state index >= 15 is 0 Å². The first-order valence-electron chi connectivity index (χ1n) is 51.5. The molecule has 0 aliphatic carbocycles. The number of methoxy groups -OCH3 is 1. The zero-order valence-corrected chi connectivity index (χ0v) is 104. The number of nitrogens with one attached hydrogen (secondary N) is 3. The number of Topliss-reactive ketones (excluding diaryl/α,β-unsaturated/α-hetero) is 10. The third kappa shape index (κ3) is 79.0. The van der Waals surface area contributed by atoms with Crippen molar-refractivity contribution in [2.45, 2.75) is 487 Å². The molecule has 0 aliphatic rings. The summed E-state index contributed by atoms with van der Waals surface area (Å²) in [5, 5.41) is 26.0. The van der Waals surface area contributed by atoms with Crippen LogP contribution in [0.15, 0.2) is 0 Å². The van der Waals surface area contributed by atoms with Crippen LogP contribution < -0.4 is 16.0 Å². The summed E-state index contributed by atoms with van der Waals surface area (Å²) in [5.41, 5.74) is -7.65. The van der Waals surface area contributed by atoms with Crippen molar-refractivity contribution >= 4 is 123 Å². The summed E-state index contributed by atoms with van der Waals surface area (Å²) in [6.45, 7) is 100. The van der Waals surface area contributed by atoms with Crippen molar-refractivity contribution < 1.29 is 125 Å². The molecule has 148 heavy (non-hydrogen) atoms. The van der Waals surface area contributed by atoms with E-state index in [4.69, 9.17) is 14.6 Å². The lowest BCUT2D eigenvalue weighted by Crippen LogP contribution is -2.48. The number of ketones is 10. The number of nitrogens with zero attached hydrogens (tertiary/aromatic N) is 3. The predicted octanol–water partition coefficient (Wildman–Crippen LogP) is 21.2. The number of carboxylic acids is 2. The third-order valence-electron chi connectivity index (χ3n) is 21.6. The molecule has 864 valence electrons. The Kier molecular flexibility index (Phi) is 67.0. The maximum Gasteiger partial charge on any atom is 0.328 e. The molecule has 0 saturated carbocycles. The second kappa shape index (κ2) is 63.4. The van der Waals surface area contributed by atoms with Crippen LogP contribution in [0.4, 0.5) is 0 Å². The van der Waals surface area contributed by atoms with Gasteiger partial charge in [-0.3, -0.25) is 86.3 Å². The molecule has 0 fully saturated rings. The number of hydrogen-bond acceptors (Lipinski definition) is 24. The lowest BCUT2D eigenvalue weighted by atomic mass is 9.85. The molecule has 0 heterocycles. The van der Waals surface area contributed by atoms with E-state index in [1.54, 1.807) is 169 Å². The van der Waals surface area contributed by atoms with Crippen LogP contribution in [0.5, 0.6) is 0 Å². The highest BCUT2D eigenvalue weighted by Gasteiger charge is 2.40. The quantitative estimate of drug-likeness (QED) is 0.0318. The molecule has 0 aromatic heterocycles. The van der Waals surface area contributed by atoms with Gasteiger partial charge in [-0.05, 0) is 67.7 Å². The number of carbonyl (C=O) groups excluding carboxylic acids is 19. The van der Waals surface area contributed by atoms with Crippen molar-refractivity contribution in [3.8, 4) is 0 Å². The topological polar surface area (TPSA) is 472 Å². The largest absolute Gasteiger partial charge is 0.480 e. The van der Waals surface area contributed by atoms with Crippen LogP contribution >= 0.6 is 0 Å². The normalized spacial score (nSPS) is 13.0. The number of hydrogen-bond donors (Lipinski definition) is 5. The van der Waals surface area contributed by atoms with Gasteiger partial charge in [0.25, 0.3) is 0 Å². The van der Waals surface area contributed by atoms with E-state index in [0.717, 1.165) is 4.90 Å². The van der Waals surface area contributed by atoms with E-state index in [-0.39, 0.29) is 198 Å². The van der Waals surface area contributed by atoms with Gasteiger partial charge in [-0.1, -0.05) is 312 Å². The lowest BCUT2D eigenvalue weighted by molar-refractivity contribution is -0.156. The minimum atomic E-state index is -1.19. The standard InChI is InChI=1S/2C14H25NO4.C13H23NO4.2C13H25NO2.C13H24O2.C12H23NO2.2C12H22O3/c1-13(2,3)10(16)8-9(11(17)19-7)15-12(18)14(4,5)6;1-13(2,3)10(16)8-9(11(17)18)15(7)12(19)14(4,5)6;1-12(2,3)9(15)7-8(10(16)17)14-11(18)13(4,5)6;1-12(2,3)10(15)8-9-14(7)11(16)13(4,5)6;1-12(2,3)10(15)8-9-11(16)14(7)13(4,5)6;1-12(2,3)9-10(14)7-8-11(15)13(4,5)6;1-11(2,3)9(14)7-8-13-10(15)12(4,5)6;1-11(2,3)9(13)7-8-15-10(14)12(4,5)6;1-11(2,3)9(13)7-8-10(14)15-12(4,5)6/h9H,8H2,1-7H3,(H,15,18);9H,8H2,1-7H3,(H,17,18);8H,7H2,1-6H3,(H,14,18)(H,16,17);2*8-9H2,1-7H3;7-9H2,1-6H3;7-8H2,1-6H3,(H,13,15);2*7-8H2,1-6H3. The zero-order valence-electron chi connectivity index (χ0n) is 104. The molecular formula is C116H214N6O26. The summed E-state index contributed by atoms with van der Waals surface area (Å²) in [7, 11) is 6.20. The molecule has 0 spiro atoms. The SMILES string of the molecule is CC(C)(C)C(=O)CC(NC(=O)C(C)(C)C)C(=O)O.CC(C)(C)C(=O)CCNC(=O)C(C)(C)C.CC(C)(C)C(=O)CCOC(=O)C(C)(C)C.CC(C)(C)CC(=O)CCC(=O)C(C)(C)C.CC(C)(C)OC(=O)CCC(=O)C(C)(C)C.CN(C(=O)C(C)(C)C)C(CC(=O)C(C)(C)C)C(=O)O.CN(C(=O)CCC(=O)C(C)(C)C)C(C)(C)C.CN(CCC(=O)C(C)(C)C)C(=O)C(C)(C)C.COC(=O)C(CC(=O)C(C)(C)C)NC(=O)C(C)(C)C. The Hall–Kier alpha value is -9.13. The molecule has 0 saturated heterocycles. The van der Waals surface area contributed by atoms with Crippen LogP contribution in [0.1, 0.15) is 457 Å². The monoisotopic (exact) mass is 2110 g/mol. The Morgan fingerprint density at radius 3 is 0.878 bits per heavy atom. The molecule has 6 amide bonds. The lowest BCUT2D eigenvalue weighted by Gasteiger charge is -2.32. The number of amides is 6. The Morgan fingerprint density at radius 2 is 0.595 bits per heavy atom. The first-order chi connectivity index (χ1) is 64.6. The molecule has 0 aromatic rings.